The van der Waals surface area contributed by atoms with E-state index in [4.69, 9.17) is 10.5 Å². The summed E-state index contributed by atoms with van der Waals surface area (Å²) in [5.41, 5.74) is 6.49. The minimum atomic E-state index is 0.246. The van der Waals surface area contributed by atoms with E-state index < -0.39 is 0 Å². The van der Waals surface area contributed by atoms with E-state index in [1.807, 2.05) is 0 Å². The highest BCUT2D eigenvalue weighted by molar-refractivity contribution is 4.96. The van der Waals surface area contributed by atoms with Gasteiger partial charge < -0.3 is 10.5 Å². The summed E-state index contributed by atoms with van der Waals surface area (Å²) in [6.45, 7) is 5.61. The molecule has 1 saturated carbocycles. The van der Waals surface area contributed by atoms with Crippen molar-refractivity contribution >= 4 is 0 Å². The van der Waals surface area contributed by atoms with Gasteiger partial charge in [-0.05, 0) is 44.6 Å². The highest BCUT2D eigenvalue weighted by Gasteiger charge is 2.42. The Kier molecular flexibility index (Phi) is 3.65. The van der Waals surface area contributed by atoms with Gasteiger partial charge in [0.05, 0.1) is 5.60 Å². The fraction of sp³-hybridized carbons (Fsp3) is 1.00. The quantitative estimate of drug-likeness (QED) is 0.777. The van der Waals surface area contributed by atoms with Crippen molar-refractivity contribution in [1.82, 2.24) is 4.90 Å². The molecule has 1 aliphatic carbocycles. The molecule has 2 aliphatic heterocycles. The van der Waals surface area contributed by atoms with Gasteiger partial charge in [0, 0.05) is 25.2 Å². The maximum Gasteiger partial charge on any atom is 0.0697 e. The zero-order valence-electron chi connectivity index (χ0n) is 11.7. The number of piperidine rings is 1. The molecule has 3 nitrogen and oxygen atoms in total. The average molecular weight is 252 g/mol. The van der Waals surface area contributed by atoms with Gasteiger partial charge in [0.15, 0.2) is 0 Å². The Bertz CT molecular complexity index is 288. The second-order valence-electron chi connectivity index (χ2n) is 6.81. The fourth-order valence-corrected chi connectivity index (χ4v) is 4.14. The molecule has 3 rings (SSSR count). The van der Waals surface area contributed by atoms with E-state index >= 15 is 0 Å². The summed E-state index contributed by atoms with van der Waals surface area (Å²) in [4.78, 5) is 2.66. The van der Waals surface area contributed by atoms with Gasteiger partial charge in [-0.3, -0.25) is 4.90 Å². The van der Waals surface area contributed by atoms with E-state index in [1.165, 1.54) is 51.5 Å². The van der Waals surface area contributed by atoms with Crippen LogP contribution in [-0.4, -0.2) is 42.3 Å². The number of hydrogen-bond acceptors (Lipinski definition) is 3. The first-order valence-corrected chi connectivity index (χ1v) is 7.82. The van der Waals surface area contributed by atoms with Crippen molar-refractivity contribution in [3.05, 3.63) is 0 Å². The van der Waals surface area contributed by atoms with Gasteiger partial charge in [-0.1, -0.05) is 19.8 Å². The molecule has 0 bridgehead atoms. The molecule has 0 aromatic rings. The number of nitrogens with two attached hydrogens (primary N) is 1. The van der Waals surface area contributed by atoms with Crippen LogP contribution >= 0.6 is 0 Å². The van der Waals surface area contributed by atoms with Crippen LogP contribution in [0.25, 0.3) is 0 Å². The summed E-state index contributed by atoms with van der Waals surface area (Å²) >= 11 is 0. The summed E-state index contributed by atoms with van der Waals surface area (Å²) in [5, 5.41) is 0. The lowest BCUT2D eigenvalue weighted by Gasteiger charge is -2.46. The second-order valence-corrected chi connectivity index (χ2v) is 6.81. The first kappa shape index (κ1) is 12.9. The molecule has 2 heterocycles. The van der Waals surface area contributed by atoms with Crippen LogP contribution in [0.4, 0.5) is 0 Å². The van der Waals surface area contributed by atoms with Crippen molar-refractivity contribution in [2.75, 3.05) is 19.7 Å². The van der Waals surface area contributed by atoms with Gasteiger partial charge in [-0.25, -0.2) is 0 Å². The normalized spacial score (nSPS) is 41.3. The van der Waals surface area contributed by atoms with Gasteiger partial charge in [-0.2, -0.15) is 0 Å². The van der Waals surface area contributed by atoms with Crippen molar-refractivity contribution < 1.29 is 4.74 Å². The Hall–Kier alpha value is -0.120. The van der Waals surface area contributed by atoms with E-state index in [0.717, 1.165) is 19.2 Å². The molecule has 0 aromatic carbocycles. The lowest BCUT2D eigenvalue weighted by atomic mass is 9.85. The predicted molar refractivity (Wildman–Crippen MR) is 73.5 cm³/mol. The second kappa shape index (κ2) is 5.10. The zero-order valence-corrected chi connectivity index (χ0v) is 11.7. The van der Waals surface area contributed by atoms with Crippen molar-refractivity contribution in [1.29, 1.82) is 0 Å². The van der Waals surface area contributed by atoms with E-state index in [0.29, 0.717) is 12.0 Å². The smallest absolute Gasteiger partial charge is 0.0697 e. The standard InChI is InChI=1S/C15H28N2O/c1-12-4-8-17(11-14(12)16)13-5-9-18-15(10-13)6-2-3-7-15/h12-14H,2-11,16H2,1H3. The Morgan fingerprint density at radius 1 is 1.22 bits per heavy atom. The molecule has 2 N–H and O–H groups in total. The molecule has 0 radical (unpaired) electrons. The van der Waals surface area contributed by atoms with E-state index in [1.54, 1.807) is 0 Å². The number of hydrogen-bond donors (Lipinski definition) is 1. The molecule has 3 fully saturated rings. The van der Waals surface area contributed by atoms with Gasteiger partial charge in [0.2, 0.25) is 0 Å². The molecule has 3 unspecified atom stereocenters. The minimum Gasteiger partial charge on any atom is -0.375 e. The Morgan fingerprint density at radius 2 is 2.00 bits per heavy atom. The van der Waals surface area contributed by atoms with E-state index in [2.05, 4.69) is 11.8 Å². The van der Waals surface area contributed by atoms with Gasteiger partial charge >= 0.3 is 0 Å². The van der Waals surface area contributed by atoms with E-state index in [-0.39, 0.29) is 5.60 Å². The van der Waals surface area contributed by atoms with Crippen molar-refractivity contribution in [3.63, 3.8) is 0 Å². The van der Waals surface area contributed by atoms with Crippen LogP contribution in [0.5, 0.6) is 0 Å². The molecule has 104 valence electrons. The van der Waals surface area contributed by atoms with Crippen LogP contribution in [0.2, 0.25) is 0 Å². The van der Waals surface area contributed by atoms with Gasteiger partial charge in [0.25, 0.3) is 0 Å². The summed E-state index contributed by atoms with van der Waals surface area (Å²) in [7, 11) is 0. The highest BCUT2D eigenvalue weighted by atomic mass is 16.5. The summed E-state index contributed by atoms with van der Waals surface area (Å²) in [6, 6.07) is 1.11. The number of likely N-dealkylation sites (tertiary alicyclic amines) is 1. The third-order valence-corrected chi connectivity index (χ3v) is 5.55. The van der Waals surface area contributed by atoms with Crippen molar-refractivity contribution in [2.24, 2.45) is 11.7 Å². The summed E-state index contributed by atoms with van der Waals surface area (Å²) < 4.78 is 6.14. The Labute approximate surface area is 111 Å². The van der Waals surface area contributed by atoms with Crippen LogP contribution in [0.3, 0.4) is 0 Å². The average Bonchev–Trinajstić information content (AvgIpc) is 2.81. The van der Waals surface area contributed by atoms with Gasteiger partial charge in [-0.15, -0.1) is 0 Å². The summed E-state index contributed by atoms with van der Waals surface area (Å²) in [6.07, 6.45) is 9.05. The maximum atomic E-state index is 6.25. The minimum absolute atomic E-state index is 0.246. The summed E-state index contributed by atoms with van der Waals surface area (Å²) in [5.74, 6) is 0.696. The molecule has 18 heavy (non-hydrogen) atoms. The Balaban J connectivity index is 1.62. The van der Waals surface area contributed by atoms with Crippen LogP contribution < -0.4 is 5.73 Å². The fourth-order valence-electron chi connectivity index (χ4n) is 4.14. The largest absolute Gasteiger partial charge is 0.375 e. The van der Waals surface area contributed by atoms with Crippen LogP contribution in [0, 0.1) is 5.92 Å². The highest BCUT2D eigenvalue weighted by Crippen LogP contribution is 2.41. The topological polar surface area (TPSA) is 38.5 Å². The van der Waals surface area contributed by atoms with Crippen molar-refractivity contribution in [3.8, 4) is 0 Å². The van der Waals surface area contributed by atoms with Crippen LogP contribution in [0.1, 0.15) is 51.9 Å². The number of ether oxygens (including phenoxy) is 1. The first-order valence-electron chi connectivity index (χ1n) is 7.82. The van der Waals surface area contributed by atoms with Gasteiger partial charge in [0.1, 0.15) is 0 Å². The SMILES string of the molecule is CC1CCN(C2CCOC3(CCCC3)C2)CC1N. The lowest BCUT2D eigenvalue weighted by Crippen LogP contribution is -2.55. The lowest BCUT2D eigenvalue weighted by molar-refractivity contribution is -0.105. The monoisotopic (exact) mass is 252 g/mol. The molecule has 3 atom stereocenters. The van der Waals surface area contributed by atoms with Crippen LogP contribution in [-0.2, 0) is 4.74 Å². The van der Waals surface area contributed by atoms with Crippen LogP contribution in [0.15, 0.2) is 0 Å². The predicted octanol–water partition coefficient (Wildman–Crippen LogP) is 2.15. The zero-order chi connectivity index (χ0) is 12.6. The van der Waals surface area contributed by atoms with E-state index in [9.17, 15) is 0 Å². The molecular formula is C15H28N2O. The molecule has 0 amide bonds. The first-order chi connectivity index (χ1) is 8.69. The maximum absolute atomic E-state index is 6.25. The number of rotatable bonds is 1. The molecule has 3 heteroatoms. The number of nitrogens with zero attached hydrogens (tertiary/aromatic N) is 1. The third-order valence-electron chi connectivity index (χ3n) is 5.55. The molecule has 2 saturated heterocycles. The van der Waals surface area contributed by atoms with Crippen molar-refractivity contribution in [2.45, 2.75) is 69.6 Å². The molecule has 0 aromatic heterocycles. The molecule has 1 spiro atoms. The molecule has 3 aliphatic rings. The molecular weight excluding hydrogens is 224 g/mol. The Morgan fingerprint density at radius 3 is 2.72 bits per heavy atom. The third kappa shape index (κ3) is 2.45.